The summed E-state index contributed by atoms with van der Waals surface area (Å²) in [7, 11) is 0. The SMILES string of the molecule is NC(=O)CSc1n[nH]c(COc2ccc(-c3ccc(Oc4ccccc4)cc3)c3ccccc23)n1. The minimum Gasteiger partial charge on any atom is -0.485 e. The Morgan fingerprint density at radius 2 is 1.57 bits per heavy atom. The van der Waals surface area contributed by atoms with Gasteiger partial charge in [0.1, 0.15) is 23.9 Å². The monoisotopic (exact) mass is 482 g/mol. The Kier molecular flexibility index (Phi) is 6.63. The van der Waals surface area contributed by atoms with E-state index in [4.69, 9.17) is 15.2 Å². The number of para-hydroxylation sites is 1. The third kappa shape index (κ3) is 5.44. The first-order valence-corrected chi connectivity index (χ1v) is 11.9. The van der Waals surface area contributed by atoms with Gasteiger partial charge in [-0.3, -0.25) is 9.89 Å². The second kappa shape index (κ2) is 10.3. The summed E-state index contributed by atoms with van der Waals surface area (Å²) in [6.07, 6.45) is 0. The maximum absolute atomic E-state index is 10.9. The molecule has 5 aromatic rings. The van der Waals surface area contributed by atoms with Crippen LogP contribution in [0.25, 0.3) is 21.9 Å². The first-order valence-electron chi connectivity index (χ1n) is 11.0. The number of primary amides is 1. The van der Waals surface area contributed by atoms with Crippen LogP contribution in [0.4, 0.5) is 0 Å². The third-order valence-corrected chi connectivity index (χ3v) is 6.12. The maximum Gasteiger partial charge on any atom is 0.227 e. The molecule has 1 amide bonds. The van der Waals surface area contributed by atoms with Gasteiger partial charge in [-0.2, -0.15) is 0 Å². The lowest BCUT2D eigenvalue weighted by molar-refractivity contribution is -0.115. The van der Waals surface area contributed by atoms with Crippen LogP contribution in [0.5, 0.6) is 17.2 Å². The second-order valence-corrected chi connectivity index (χ2v) is 8.65. The summed E-state index contributed by atoms with van der Waals surface area (Å²) < 4.78 is 12.0. The number of H-pyrrole nitrogens is 1. The number of hydrogen-bond acceptors (Lipinski definition) is 6. The lowest BCUT2D eigenvalue weighted by Gasteiger charge is -2.13. The average molecular weight is 483 g/mol. The zero-order valence-corrected chi connectivity index (χ0v) is 19.5. The van der Waals surface area contributed by atoms with E-state index in [1.54, 1.807) is 0 Å². The molecule has 0 saturated carbocycles. The molecular weight excluding hydrogens is 460 g/mol. The Hall–Kier alpha value is -4.30. The van der Waals surface area contributed by atoms with Crippen LogP contribution in [-0.4, -0.2) is 26.8 Å². The molecule has 0 spiro atoms. The molecule has 0 aliphatic rings. The highest BCUT2D eigenvalue weighted by atomic mass is 32.2. The highest BCUT2D eigenvalue weighted by Crippen LogP contribution is 2.35. The predicted octanol–water partition coefficient (Wildman–Crippen LogP) is 5.57. The van der Waals surface area contributed by atoms with Crippen molar-refractivity contribution < 1.29 is 14.3 Å². The van der Waals surface area contributed by atoms with E-state index in [0.29, 0.717) is 11.0 Å². The van der Waals surface area contributed by atoms with E-state index in [1.807, 2.05) is 66.7 Å². The van der Waals surface area contributed by atoms with Crippen LogP contribution in [0, 0.1) is 0 Å². The molecule has 4 aromatic carbocycles. The first-order chi connectivity index (χ1) is 17.2. The number of hydrogen-bond donors (Lipinski definition) is 2. The van der Waals surface area contributed by atoms with Crippen LogP contribution in [-0.2, 0) is 11.4 Å². The molecule has 0 saturated heterocycles. The number of nitrogens with zero attached hydrogens (tertiary/aromatic N) is 2. The zero-order valence-electron chi connectivity index (χ0n) is 18.7. The number of ether oxygens (including phenoxy) is 2. The molecule has 0 unspecified atom stereocenters. The van der Waals surface area contributed by atoms with E-state index >= 15 is 0 Å². The zero-order chi connectivity index (χ0) is 24.0. The number of benzene rings is 4. The number of thioether (sulfide) groups is 1. The number of rotatable bonds is 9. The van der Waals surface area contributed by atoms with E-state index in [0.717, 1.165) is 39.1 Å². The van der Waals surface area contributed by atoms with Gasteiger partial charge in [-0.05, 0) is 46.8 Å². The molecule has 1 heterocycles. The Bertz CT molecular complexity index is 1450. The molecule has 35 heavy (non-hydrogen) atoms. The van der Waals surface area contributed by atoms with E-state index in [1.165, 1.54) is 11.8 Å². The molecular formula is C27H22N4O3S. The van der Waals surface area contributed by atoms with Crippen molar-refractivity contribution in [1.82, 2.24) is 15.2 Å². The molecule has 0 aliphatic heterocycles. The number of amides is 1. The number of fused-ring (bicyclic) bond motifs is 1. The van der Waals surface area contributed by atoms with Crippen LogP contribution in [0.3, 0.4) is 0 Å². The number of aromatic amines is 1. The molecule has 7 nitrogen and oxygen atoms in total. The van der Waals surface area contributed by atoms with E-state index in [-0.39, 0.29) is 12.4 Å². The van der Waals surface area contributed by atoms with Crippen molar-refractivity contribution >= 4 is 28.4 Å². The van der Waals surface area contributed by atoms with Gasteiger partial charge in [0, 0.05) is 5.39 Å². The Morgan fingerprint density at radius 1 is 0.857 bits per heavy atom. The Labute approximate surface area is 206 Å². The number of carbonyl (C=O) groups excluding carboxylic acids is 1. The topological polar surface area (TPSA) is 103 Å². The van der Waals surface area contributed by atoms with Crippen molar-refractivity contribution in [2.24, 2.45) is 5.73 Å². The lowest BCUT2D eigenvalue weighted by atomic mass is 9.97. The van der Waals surface area contributed by atoms with E-state index in [9.17, 15) is 4.79 Å². The summed E-state index contributed by atoms with van der Waals surface area (Å²) in [5.74, 6) is 2.61. The fraction of sp³-hybridized carbons (Fsp3) is 0.0741. The van der Waals surface area contributed by atoms with E-state index < -0.39 is 5.91 Å². The van der Waals surface area contributed by atoms with Crippen molar-refractivity contribution in [3.63, 3.8) is 0 Å². The Balaban J connectivity index is 1.34. The van der Waals surface area contributed by atoms with Crippen molar-refractivity contribution in [2.75, 3.05) is 5.75 Å². The van der Waals surface area contributed by atoms with Crippen LogP contribution >= 0.6 is 11.8 Å². The quantitative estimate of drug-likeness (QED) is 0.266. The van der Waals surface area contributed by atoms with E-state index in [2.05, 4.69) is 39.4 Å². The van der Waals surface area contributed by atoms with Gasteiger partial charge in [0.15, 0.2) is 5.82 Å². The van der Waals surface area contributed by atoms with Crippen LogP contribution in [0.15, 0.2) is 96.2 Å². The predicted molar refractivity (Wildman–Crippen MR) is 137 cm³/mol. The summed E-state index contributed by atoms with van der Waals surface area (Å²) in [6, 6.07) is 29.9. The van der Waals surface area contributed by atoms with Gasteiger partial charge in [0.2, 0.25) is 11.1 Å². The number of carbonyl (C=O) groups is 1. The van der Waals surface area contributed by atoms with Crippen LogP contribution in [0.2, 0.25) is 0 Å². The number of nitrogens with one attached hydrogen (secondary N) is 1. The molecule has 1 aromatic heterocycles. The fourth-order valence-corrected chi connectivity index (χ4v) is 4.22. The smallest absolute Gasteiger partial charge is 0.227 e. The van der Waals surface area contributed by atoms with Crippen LogP contribution < -0.4 is 15.2 Å². The summed E-state index contributed by atoms with van der Waals surface area (Å²) in [6.45, 7) is 0.221. The van der Waals surface area contributed by atoms with Crippen LogP contribution in [0.1, 0.15) is 5.82 Å². The molecule has 8 heteroatoms. The van der Waals surface area contributed by atoms with Crippen molar-refractivity contribution in [3.05, 3.63) is 96.8 Å². The van der Waals surface area contributed by atoms with Gasteiger partial charge in [-0.25, -0.2) is 4.98 Å². The first kappa shape index (κ1) is 22.5. The van der Waals surface area contributed by atoms with Gasteiger partial charge in [0.05, 0.1) is 5.75 Å². The highest BCUT2D eigenvalue weighted by molar-refractivity contribution is 7.99. The number of nitrogens with two attached hydrogens (primary N) is 1. The summed E-state index contributed by atoms with van der Waals surface area (Å²) in [5.41, 5.74) is 7.35. The second-order valence-electron chi connectivity index (χ2n) is 7.70. The largest absolute Gasteiger partial charge is 0.485 e. The average Bonchev–Trinajstić information content (AvgIpc) is 3.35. The van der Waals surface area contributed by atoms with Crippen molar-refractivity contribution in [2.45, 2.75) is 11.8 Å². The minimum absolute atomic E-state index is 0.129. The molecule has 174 valence electrons. The van der Waals surface area contributed by atoms with Gasteiger partial charge in [-0.15, -0.1) is 5.10 Å². The van der Waals surface area contributed by atoms with Gasteiger partial charge in [-0.1, -0.05) is 72.4 Å². The lowest BCUT2D eigenvalue weighted by Crippen LogP contribution is -2.13. The van der Waals surface area contributed by atoms with Gasteiger partial charge in [0.25, 0.3) is 0 Å². The van der Waals surface area contributed by atoms with Crippen molar-refractivity contribution in [3.8, 4) is 28.4 Å². The summed E-state index contributed by atoms with van der Waals surface area (Å²) >= 11 is 1.18. The number of aromatic nitrogens is 3. The van der Waals surface area contributed by atoms with Gasteiger partial charge < -0.3 is 15.2 Å². The molecule has 0 atom stereocenters. The molecule has 5 rings (SSSR count). The normalized spacial score (nSPS) is 10.9. The molecule has 0 fully saturated rings. The summed E-state index contributed by atoms with van der Waals surface area (Å²) in [4.78, 5) is 15.3. The Morgan fingerprint density at radius 3 is 2.34 bits per heavy atom. The van der Waals surface area contributed by atoms with Gasteiger partial charge >= 0.3 is 0 Å². The third-order valence-electron chi connectivity index (χ3n) is 5.25. The highest BCUT2D eigenvalue weighted by Gasteiger charge is 2.11. The molecule has 0 bridgehead atoms. The fourth-order valence-electron chi connectivity index (χ4n) is 3.66. The molecule has 3 N–H and O–H groups in total. The standard InChI is InChI=1S/C27H22N4O3S/c28-25(32)17-35-27-29-26(30-31-27)16-33-24-15-14-21(22-8-4-5-9-23(22)24)18-10-12-20(13-11-18)34-19-6-2-1-3-7-19/h1-15H,16-17H2,(H2,28,32)(H,29,30,31). The molecule has 0 aliphatic carbocycles. The summed E-state index contributed by atoms with van der Waals surface area (Å²) in [5, 5.41) is 9.45. The maximum atomic E-state index is 10.9. The molecule has 0 radical (unpaired) electrons. The van der Waals surface area contributed by atoms with Crippen molar-refractivity contribution in [1.29, 1.82) is 0 Å². The minimum atomic E-state index is -0.414.